The lowest BCUT2D eigenvalue weighted by Crippen LogP contribution is -2.50. The Morgan fingerprint density at radius 1 is 1.00 bits per heavy atom. The highest BCUT2D eigenvalue weighted by atomic mass is 32.2. The first-order valence-corrected chi connectivity index (χ1v) is 12.0. The molecule has 0 unspecified atom stereocenters. The molecule has 0 radical (unpaired) electrons. The van der Waals surface area contributed by atoms with Gasteiger partial charge in [0.25, 0.3) is 0 Å². The molecule has 0 N–H and O–H groups in total. The van der Waals surface area contributed by atoms with E-state index in [-0.39, 0.29) is 30.3 Å². The summed E-state index contributed by atoms with van der Waals surface area (Å²) in [4.78, 5) is 14.6. The minimum atomic E-state index is -3.71. The van der Waals surface area contributed by atoms with E-state index < -0.39 is 10.0 Å². The lowest BCUT2D eigenvalue weighted by Gasteiger charge is -2.34. The van der Waals surface area contributed by atoms with Crippen molar-refractivity contribution in [1.29, 1.82) is 0 Å². The van der Waals surface area contributed by atoms with Crippen molar-refractivity contribution in [2.75, 3.05) is 26.2 Å². The molecular formula is C19H18N8O3S2. The van der Waals surface area contributed by atoms with Gasteiger partial charge in [0, 0.05) is 26.2 Å². The standard InChI is InChI=1S/C19H18N8O3S2/c28-18(12-14-4-6-15(7-5-14)27-13-20-23-24-27)25-8-10-26(11-9-25)32(29,30)17-3-1-2-16-19(17)22-31-21-16/h1-7,13H,8-12H2. The molecule has 164 valence electrons. The van der Waals surface area contributed by atoms with Gasteiger partial charge in [-0.05, 0) is 40.3 Å². The quantitative estimate of drug-likeness (QED) is 0.418. The Morgan fingerprint density at radius 2 is 1.78 bits per heavy atom. The Hall–Kier alpha value is -3.29. The first kappa shape index (κ1) is 20.6. The summed E-state index contributed by atoms with van der Waals surface area (Å²) in [6.07, 6.45) is 1.74. The van der Waals surface area contributed by atoms with Crippen LogP contribution in [0, 0.1) is 0 Å². The van der Waals surface area contributed by atoms with Crippen LogP contribution in [0.1, 0.15) is 5.56 Å². The maximum atomic E-state index is 13.1. The van der Waals surface area contributed by atoms with Gasteiger partial charge in [-0.3, -0.25) is 4.79 Å². The minimum Gasteiger partial charge on any atom is -0.340 e. The third-order valence-corrected chi connectivity index (χ3v) is 7.84. The van der Waals surface area contributed by atoms with Gasteiger partial charge in [-0.1, -0.05) is 18.2 Å². The summed E-state index contributed by atoms with van der Waals surface area (Å²) in [5.41, 5.74) is 2.62. The maximum absolute atomic E-state index is 13.1. The van der Waals surface area contributed by atoms with E-state index >= 15 is 0 Å². The number of aromatic nitrogens is 6. The van der Waals surface area contributed by atoms with Crippen molar-refractivity contribution >= 4 is 38.7 Å². The van der Waals surface area contributed by atoms with Crippen LogP contribution in [0.2, 0.25) is 0 Å². The number of nitrogens with zero attached hydrogens (tertiary/aromatic N) is 8. The van der Waals surface area contributed by atoms with Crippen LogP contribution in [0.25, 0.3) is 16.7 Å². The second kappa shape index (κ2) is 8.33. The summed E-state index contributed by atoms with van der Waals surface area (Å²) in [7, 11) is -3.71. The predicted molar refractivity (Wildman–Crippen MR) is 116 cm³/mol. The van der Waals surface area contributed by atoms with Crippen LogP contribution in [-0.4, -0.2) is 78.7 Å². The van der Waals surface area contributed by atoms with Gasteiger partial charge < -0.3 is 4.90 Å². The average molecular weight is 471 g/mol. The molecule has 0 bridgehead atoms. The topological polar surface area (TPSA) is 127 Å². The number of tetrazole rings is 1. The van der Waals surface area contributed by atoms with Crippen molar-refractivity contribution in [1.82, 2.24) is 38.2 Å². The summed E-state index contributed by atoms with van der Waals surface area (Å²) in [6.45, 7) is 1.15. The average Bonchev–Trinajstić information content (AvgIpc) is 3.51. The van der Waals surface area contributed by atoms with Crippen LogP contribution in [-0.2, 0) is 21.2 Å². The number of hydrogen-bond acceptors (Lipinski definition) is 9. The fourth-order valence-electron chi connectivity index (χ4n) is 3.64. The normalized spacial score (nSPS) is 15.3. The number of carbonyl (C=O) groups excluding carboxylic acids is 1. The monoisotopic (exact) mass is 470 g/mol. The molecule has 0 aliphatic carbocycles. The van der Waals surface area contributed by atoms with Crippen molar-refractivity contribution < 1.29 is 13.2 Å². The highest BCUT2D eigenvalue weighted by Crippen LogP contribution is 2.25. The Bertz CT molecular complexity index is 1350. The first-order valence-electron chi connectivity index (χ1n) is 9.84. The second-order valence-corrected chi connectivity index (χ2v) is 9.71. The second-order valence-electron chi connectivity index (χ2n) is 7.27. The van der Waals surface area contributed by atoms with Gasteiger partial charge in [0.05, 0.1) is 23.8 Å². The summed E-state index contributed by atoms with van der Waals surface area (Å²) in [6, 6.07) is 12.4. The van der Waals surface area contributed by atoms with Crippen LogP contribution < -0.4 is 0 Å². The molecule has 1 aliphatic rings. The Morgan fingerprint density at radius 3 is 2.50 bits per heavy atom. The lowest BCUT2D eigenvalue weighted by molar-refractivity contribution is -0.131. The Balaban J connectivity index is 1.22. The van der Waals surface area contributed by atoms with Gasteiger partial charge in [-0.2, -0.15) is 13.1 Å². The molecule has 13 heteroatoms. The van der Waals surface area contributed by atoms with Crippen LogP contribution in [0.5, 0.6) is 0 Å². The van der Waals surface area contributed by atoms with Crippen LogP contribution in [0.3, 0.4) is 0 Å². The molecule has 1 fully saturated rings. The molecule has 4 aromatic rings. The van der Waals surface area contributed by atoms with E-state index in [0.717, 1.165) is 23.0 Å². The minimum absolute atomic E-state index is 0.0389. The smallest absolute Gasteiger partial charge is 0.245 e. The third-order valence-electron chi connectivity index (χ3n) is 5.36. The highest BCUT2D eigenvalue weighted by molar-refractivity contribution is 7.89. The molecule has 1 saturated heterocycles. The molecule has 3 heterocycles. The molecule has 2 aromatic carbocycles. The van der Waals surface area contributed by atoms with Crippen molar-refractivity contribution in [2.24, 2.45) is 0 Å². The first-order chi connectivity index (χ1) is 15.5. The number of piperazine rings is 1. The van der Waals surface area contributed by atoms with E-state index in [1.54, 1.807) is 23.1 Å². The Labute approximate surface area is 187 Å². The zero-order chi connectivity index (χ0) is 22.1. The number of carbonyl (C=O) groups is 1. The predicted octanol–water partition coefficient (Wildman–Crippen LogP) is 0.743. The van der Waals surface area contributed by atoms with E-state index in [9.17, 15) is 13.2 Å². The number of fused-ring (bicyclic) bond motifs is 1. The van der Waals surface area contributed by atoms with Crippen LogP contribution in [0.15, 0.2) is 53.7 Å². The van der Waals surface area contributed by atoms with Gasteiger partial charge >= 0.3 is 0 Å². The van der Waals surface area contributed by atoms with Crippen LogP contribution >= 0.6 is 11.7 Å². The zero-order valence-electron chi connectivity index (χ0n) is 16.8. The largest absolute Gasteiger partial charge is 0.340 e. The summed E-state index contributed by atoms with van der Waals surface area (Å²) >= 11 is 0.988. The van der Waals surface area contributed by atoms with Gasteiger partial charge in [0.1, 0.15) is 22.3 Å². The molecule has 32 heavy (non-hydrogen) atoms. The molecule has 5 rings (SSSR count). The third kappa shape index (κ3) is 3.85. The fraction of sp³-hybridized carbons (Fsp3) is 0.263. The molecule has 0 spiro atoms. The van der Waals surface area contributed by atoms with Gasteiger partial charge in [-0.25, -0.2) is 13.1 Å². The summed E-state index contributed by atoms with van der Waals surface area (Å²) in [5.74, 6) is -0.0389. The van der Waals surface area contributed by atoms with E-state index in [0.29, 0.717) is 24.1 Å². The van der Waals surface area contributed by atoms with Gasteiger partial charge in [0.15, 0.2) is 0 Å². The number of amides is 1. The number of rotatable bonds is 5. The summed E-state index contributed by atoms with van der Waals surface area (Å²) in [5, 5.41) is 11.0. The molecule has 1 aliphatic heterocycles. The van der Waals surface area contributed by atoms with Crippen molar-refractivity contribution in [3.8, 4) is 5.69 Å². The number of sulfonamides is 1. The molecule has 0 saturated carbocycles. The fourth-order valence-corrected chi connectivity index (χ4v) is 5.81. The van der Waals surface area contributed by atoms with Crippen molar-refractivity contribution in [3.05, 3.63) is 54.4 Å². The SMILES string of the molecule is O=C(Cc1ccc(-n2cnnn2)cc1)N1CCN(S(=O)(=O)c2cccc3nsnc23)CC1. The van der Waals surface area contributed by atoms with Gasteiger partial charge in [-0.15, -0.1) is 5.10 Å². The van der Waals surface area contributed by atoms with Crippen LogP contribution in [0.4, 0.5) is 0 Å². The molecule has 1 amide bonds. The van der Waals surface area contributed by atoms with E-state index in [1.807, 2.05) is 24.3 Å². The maximum Gasteiger partial charge on any atom is 0.245 e. The summed E-state index contributed by atoms with van der Waals surface area (Å²) < 4.78 is 37.5. The molecular weight excluding hydrogens is 452 g/mol. The highest BCUT2D eigenvalue weighted by Gasteiger charge is 2.31. The van der Waals surface area contributed by atoms with Crippen molar-refractivity contribution in [2.45, 2.75) is 11.3 Å². The molecule has 11 nitrogen and oxygen atoms in total. The Kier molecular flexibility index (Phi) is 5.36. The molecule has 2 aromatic heterocycles. The van der Waals surface area contributed by atoms with E-state index in [2.05, 4.69) is 24.3 Å². The van der Waals surface area contributed by atoms with Crippen molar-refractivity contribution in [3.63, 3.8) is 0 Å². The number of hydrogen-bond donors (Lipinski definition) is 0. The molecule has 0 atom stereocenters. The zero-order valence-corrected chi connectivity index (χ0v) is 18.4. The van der Waals surface area contributed by atoms with Gasteiger partial charge in [0.2, 0.25) is 15.9 Å². The lowest BCUT2D eigenvalue weighted by atomic mass is 10.1. The number of benzene rings is 2. The van der Waals surface area contributed by atoms with E-state index in [4.69, 9.17) is 0 Å². The van der Waals surface area contributed by atoms with E-state index in [1.165, 1.54) is 15.3 Å².